The third-order valence-corrected chi connectivity index (χ3v) is 4.97. The maximum Gasteiger partial charge on any atom is 0.123 e. The van der Waals surface area contributed by atoms with Gasteiger partial charge in [-0.15, -0.1) is 11.3 Å². The molecule has 0 bridgehead atoms. The second-order valence-corrected chi connectivity index (χ2v) is 6.91. The quantitative estimate of drug-likeness (QED) is 0.720. The zero-order valence-electron chi connectivity index (χ0n) is 13.4. The average molecular weight is 316 g/mol. The zero-order chi connectivity index (χ0) is 15.4. The van der Waals surface area contributed by atoms with Crippen LogP contribution >= 0.6 is 11.3 Å². The van der Waals surface area contributed by atoms with Gasteiger partial charge in [0.1, 0.15) is 10.8 Å². The van der Waals surface area contributed by atoms with E-state index < -0.39 is 0 Å². The number of rotatable bonds is 8. The van der Waals surface area contributed by atoms with Gasteiger partial charge >= 0.3 is 0 Å². The molecular weight excluding hydrogens is 292 g/mol. The Balaban J connectivity index is 1.66. The Kier molecular flexibility index (Phi) is 5.11. The molecule has 1 saturated carbocycles. The van der Waals surface area contributed by atoms with Gasteiger partial charge in [0.05, 0.1) is 12.8 Å². The van der Waals surface area contributed by atoms with Crippen LogP contribution in [0.2, 0.25) is 0 Å². The molecule has 3 rings (SSSR count). The van der Waals surface area contributed by atoms with Crippen molar-refractivity contribution in [1.29, 1.82) is 0 Å². The fraction of sp³-hybridized carbons (Fsp3) is 0.500. The Hall–Kier alpha value is -1.39. The summed E-state index contributed by atoms with van der Waals surface area (Å²) in [5.74, 6) is 1.82. The van der Waals surface area contributed by atoms with Crippen molar-refractivity contribution in [3.8, 4) is 16.3 Å². The molecule has 0 N–H and O–H groups in total. The molecular formula is C18H24N2OS. The number of nitrogens with zero attached hydrogens (tertiary/aromatic N) is 2. The van der Waals surface area contributed by atoms with Crippen LogP contribution in [-0.4, -0.2) is 30.1 Å². The highest BCUT2D eigenvalue weighted by Gasteiger charge is 2.24. The van der Waals surface area contributed by atoms with E-state index in [9.17, 15) is 0 Å². The van der Waals surface area contributed by atoms with Crippen molar-refractivity contribution >= 4 is 11.3 Å². The van der Waals surface area contributed by atoms with E-state index >= 15 is 0 Å². The lowest BCUT2D eigenvalue weighted by molar-refractivity contribution is 0.253. The summed E-state index contributed by atoms with van der Waals surface area (Å²) in [6.45, 7) is 5.65. The molecule has 0 saturated heterocycles. The minimum atomic E-state index is 0.888. The second-order valence-electron chi connectivity index (χ2n) is 6.05. The Morgan fingerprint density at radius 2 is 2.05 bits per heavy atom. The van der Waals surface area contributed by atoms with Gasteiger partial charge in [-0.1, -0.05) is 6.92 Å². The van der Waals surface area contributed by atoms with Crippen LogP contribution in [0.1, 0.15) is 31.9 Å². The summed E-state index contributed by atoms with van der Waals surface area (Å²) in [6.07, 6.45) is 4.03. The first-order chi connectivity index (χ1) is 10.8. The van der Waals surface area contributed by atoms with Crippen molar-refractivity contribution in [2.75, 3.05) is 20.2 Å². The lowest BCUT2D eigenvalue weighted by Crippen LogP contribution is -2.26. The Morgan fingerprint density at radius 3 is 2.68 bits per heavy atom. The Morgan fingerprint density at radius 1 is 1.27 bits per heavy atom. The van der Waals surface area contributed by atoms with Gasteiger partial charge in [-0.25, -0.2) is 4.98 Å². The minimum absolute atomic E-state index is 0.888. The number of benzene rings is 1. The topological polar surface area (TPSA) is 25.4 Å². The van der Waals surface area contributed by atoms with Crippen molar-refractivity contribution < 1.29 is 4.74 Å². The molecule has 0 aliphatic heterocycles. The van der Waals surface area contributed by atoms with Crippen LogP contribution in [0.5, 0.6) is 5.75 Å². The predicted molar refractivity (Wildman–Crippen MR) is 92.4 cm³/mol. The average Bonchev–Trinajstić information content (AvgIpc) is 3.23. The summed E-state index contributed by atoms with van der Waals surface area (Å²) in [4.78, 5) is 7.38. The van der Waals surface area contributed by atoms with Crippen LogP contribution in [-0.2, 0) is 6.54 Å². The van der Waals surface area contributed by atoms with Crippen molar-refractivity contribution in [3.63, 3.8) is 0 Å². The summed E-state index contributed by atoms with van der Waals surface area (Å²) in [5.41, 5.74) is 2.37. The zero-order valence-corrected chi connectivity index (χ0v) is 14.2. The lowest BCUT2D eigenvalue weighted by Gasteiger charge is -2.20. The normalized spacial score (nSPS) is 14.5. The van der Waals surface area contributed by atoms with Gasteiger partial charge < -0.3 is 4.74 Å². The number of hydrogen-bond acceptors (Lipinski definition) is 4. The summed E-state index contributed by atoms with van der Waals surface area (Å²) >= 11 is 1.73. The van der Waals surface area contributed by atoms with Crippen LogP contribution in [0, 0.1) is 5.92 Å². The van der Waals surface area contributed by atoms with Gasteiger partial charge in [-0.05, 0) is 56.0 Å². The molecule has 3 nitrogen and oxygen atoms in total. The van der Waals surface area contributed by atoms with Gasteiger partial charge in [0.2, 0.25) is 0 Å². The summed E-state index contributed by atoms with van der Waals surface area (Å²) in [5, 5.41) is 3.30. The number of methoxy groups -OCH3 is 1. The number of aromatic nitrogens is 1. The van der Waals surface area contributed by atoms with Crippen LogP contribution in [0.3, 0.4) is 0 Å². The Bertz CT molecular complexity index is 589. The van der Waals surface area contributed by atoms with E-state index in [0.29, 0.717) is 0 Å². The van der Waals surface area contributed by atoms with Gasteiger partial charge in [0.15, 0.2) is 0 Å². The molecule has 1 aliphatic carbocycles. The fourth-order valence-electron chi connectivity index (χ4n) is 2.69. The van der Waals surface area contributed by atoms with E-state index in [1.807, 2.05) is 12.1 Å². The van der Waals surface area contributed by atoms with Gasteiger partial charge in [0.25, 0.3) is 0 Å². The molecule has 2 aromatic rings. The van der Waals surface area contributed by atoms with E-state index in [4.69, 9.17) is 9.72 Å². The van der Waals surface area contributed by atoms with Crippen LogP contribution in [0.15, 0.2) is 29.6 Å². The van der Waals surface area contributed by atoms with Crippen molar-refractivity contribution in [1.82, 2.24) is 9.88 Å². The molecule has 0 spiro atoms. The standard InChI is InChI=1S/C18H24N2OS/c1-3-10-20(11-14-4-5-14)12-16-13-22-18(19-16)15-6-8-17(21-2)9-7-15/h6-9,13-14H,3-5,10-12H2,1-2H3. The minimum Gasteiger partial charge on any atom is -0.497 e. The predicted octanol–water partition coefficient (Wildman–Crippen LogP) is 4.44. The van der Waals surface area contributed by atoms with Crippen LogP contribution < -0.4 is 4.74 Å². The number of ether oxygens (including phenoxy) is 1. The highest BCUT2D eigenvalue weighted by atomic mass is 32.1. The first-order valence-electron chi connectivity index (χ1n) is 8.09. The van der Waals surface area contributed by atoms with Gasteiger partial charge in [-0.2, -0.15) is 0 Å². The molecule has 1 heterocycles. The Labute approximate surface area is 137 Å². The first kappa shape index (κ1) is 15.5. The van der Waals surface area contributed by atoms with Crippen LogP contribution in [0.25, 0.3) is 10.6 Å². The smallest absolute Gasteiger partial charge is 0.123 e. The molecule has 1 fully saturated rings. The first-order valence-corrected chi connectivity index (χ1v) is 8.97. The van der Waals surface area contributed by atoms with Crippen molar-refractivity contribution in [3.05, 3.63) is 35.3 Å². The summed E-state index contributed by atoms with van der Waals surface area (Å²) in [6, 6.07) is 8.14. The molecule has 1 aromatic heterocycles. The number of thiazole rings is 1. The van der Waals surface area contributed by atoms with E-state index in [0.717, 1.165) is 23.2 Å². The largest absolute Gasteiger partial charge is 0.497 e. The monoisotopic (exact) mass is 316 g/mol. The van der Waals surface area contributed by atoms with Gasteiger partial charge in [-0.3, -0.25) is 4.90 Å². The molecule has 0 amide bonds. The highest BCUT2D eigenvalue weighted by molar-refractivity contribution is 7.13. The van der Waals surface area contributed by atoms with E-state index in [2.05, 4.69) is 29.3 Å². The summed E-state index contributed by atoms with van der Waals surface area (Å²) in [7, 11) is 1.69. The molecule has 0 atom stereocenters. The third kappa shape index (κ3) is 4.08. The lowest BCUT2D eigenvalue weighted by atomic mass is 10.2. The highest BCUT2D eigenvalue weighted by Crippen LogP contribution is 2.31. The molecule has 1 aromatic carbocycles. The van der Waals surface area contributed by atoms with Gasteiger partial charge in [0, 0.05) is 24.0 Å². The maximum absolute atomic E-state index is 5.21. The molecule has 1 aliphatic rings. The van der Waals surface area contributed by atoms with Crippen LogP contribution in [0.4, 0.5) is 0 Å². The molecule has 118 valence electrons. The maximum atomic E-state index is 5.21. The fourth-order valence-corrected chi connectivity index (χ4v) is 3.51. The number of hydrogen-bond donors (Lipinski definition) is 0. The SMILES string of the molecule is CCCN(Cc1csc(-c2ccc(OC)cc2)n1)CC1CC1. The van der Waals surface area contributed by atoms with Crippen molar-refractivity contribution in [2.24, 2.45) is 5.92 Å². The van der Waals surface area contributed by atoms with Crippen molar-refractivity contribution in [2.45, 2.75) is 32.7 Å². The third-order valence-electron chi connectivity index (χ3n) is 4.03. The second kappa shape index (κ2) is 7.25. The molecule has 0 unspecified atom stereocenters. The van der Waals surface area contributed by atoms with E-state index in [1.165, 1.54) is 43.6 Å². The summed E-state index contributed by atoms with van der Waals surface area (Å²) < 4.78 is 5.21. The van der Waals surface area contributed by atoms with E-state index in [-0.39, 0.29) is 0 Å². The molecule has 4 heteroatoms. The molecule has 22 heavy (non-hydrogen) atoms. The van der Waals surface area contributed by atoms with E-state index in [1.54, 1.807) is 18.4 Å². The molecule has 0 radical (unpaired) electrons.